The van der Waals surface area contributed by atoms with Crippen molar-refractivity contribution in [3.05, 3.63) is 69.9 Å². The Labute approximate surface area is 171 Å². The molecule has 2 rings (SSSR count). The fraction of sp³-hybridized carbons (Fsp3) is 0.150. The monoisotopic (exact) mass is 410 g/mol. The molecule has 0 saturated carbocycles. The molecule has 0 aliphatic carbocycles. The van der Waals surface area contributed by atoms with Crippen LogP contribution in [0.1, 0.15) is 17.3 Å². The van der Waals surface area contributed by atoms with Crippen LogP contribution in [-0.4, -0.2) is 30.5 Å². The molecule has 154 valence electrons. The lowest BCUT2D eigenvalue weighted by Crippen LogP contribution is -2.15. The average molecular weight is 410 g/mol. The van der Waals surface area contributed by atoms with E-state index in [0.29, 0.717) is 5.69 Å². The molecular weight excluding hydrogens is 392 g/mol. The summed E-state index contributed by atoms with van der Waals surface area (Å²) in [5.74, 6) is -1.26. The van der Waals surface area contributed by atoms with Crippen LogP contribution < -0.4 is 15.4 Å². The van der Waals surface area contributed by atoms with Gasteiger partial charge in [-0.15, -0.1) is 0 Å². The molecular formula is C20H18N4O6. The molecule has 0 fully saturated rings. The van der Waals surface area contributed by atoms with Crippen LogP contribution in [0.3, 0.4) is 0 Å². The van der Waals surface area contributed by atoms with Gasteiger partial charge in [0.15, 0.2) is 0 Å². The Balaban J connectivity index is 2.22. The van der Waals surface area contributed by atoms with E-state index in [4.69, 9.17) is 9.47 Å². The second-order valence-electron chi connectivity index (χ2n) is 5.68. The lowest BCUT2D eigenvalue weighted by molar-refractivity contribution is -0.384. The summed E-state index contributed by atoms with van der Waals surface area (Å²) in [6.07, 6.45) is 1.14. The van der Waals surface area contributed by atoms with Gasteiger partial charge in [-0.05, 0) is 25.1 Å². The van der Waals surface area contributed by atoms with Crippen LogP contribution in [0.5, 0.6) is 5.75 Å². The van der Waals surface area contributed by atoms with Gasteiger partial charge in [-0.2, -0.15) is 5.26 Å². The van der Waals surface area contributed by atoms with E-state index in [9.17, 15) is 25.0 Å². The Hall–Kier alpha value is -4.39. The first kappa shape index (κ1) is 21.9. The van der Waals surface area contributed by atoms with Crippen LogP contribution in [0.25, 0.3) is 0 Å². The maximum absolute atomic E-state index is 12.5. The van der Waals surface area contributed by atoms with Gasteiger partial charge in [-0.3, -0.25) is 14.9 Å². The minimum absolute atomic E-state index is 0.0652. The third kappa shape index (κ3) is 5.32. The number of para-hydroxylation sites is 1. The minimum Gasteiger partial charge on any atom is -0.494 e. The molecule has 0 heterocycles. The number of hydrogen-bond donors (Lipinski definition) is 2. The number of nitrogens with zero attached hydrogens (tertiary/aromatic N) is 2. The first-order valence-electron chi connectivity index (χ1n) is 8.68. The number of amides is 1. The number of hydrogen-bond acceptors (Lipinski definition) is 8. The van der Waals surface area contributed by atoms with E-state index < -0.39 is 16.8 Å². The normalized spacial score (nSPS) is 10.5. The average Bonchev–Trinajstić information content (AvgIpc) is 2.74. The number of rotatable bonds is 8. The van der Waals surface area contributed by atoms with Gasteiger partial charge in [0.25, 0.3) is 11.6 Å². The molecule has 30 heavy (non-hydrogen) atoms. The van der Waals surface area contributed by atoms with Crippen LogP contribution >= 0.6 is 0 Å². The van der Waals surface area contributed by atoms with E-state index >= 15 is 0 Å². The summed E-state index contributed by atoms with van der Waals surface area (Å²) in [6, 6.07) is 11.9. The highest BCUT2D eigenvalue weighted by Crippen LogP contribution is 2.29. The van der Waals surface area contributed by atoms with Gasteiger partial charge < -0.3 is 20.1 Å². The highest BCUT2D eigenvalue weighted by Gasteiger charge is 2.16. The molecule has 10 nitrogen and oxygen atoms in total. The summed E-state index contributed by atoms with van der Waals surface area (Å²) in [5, 5.41) is 25.4. The molecule has 0 saturated heterocycles. The van der Waals surface area contributed by atoms with Crippen molar-refractivity contribution in [1.82, 2.24) is 0 Å². The maximum Gasteiger partial charge on any atom is 0.340 e. The molecule has 0 aliphatic heterocycles. The molecule has 0 radical (unpaired) electrons. The zero-order chi connectivity index (χ0) is 22.1. The largest absolute Gasteiger partial charge is 0.494 e. The van der Waals surface area contributed by atoms with Gasteiger partial charge in [0.05, 0.1) is 41.6 Å². The Morgan fingerprint density at radius 1 is 1.23 bits per heavy atom. The molecule has 2 aromatic carbocycles. The fourth-order valence-electron chi connectivity index (χ4n) is 2.38. The quantitative estimate of drug-likeness (QED) is 0.222. The van der Waals surface area contributed by atoms with Crippen LogP contribution in [0.2, 0.25) is 0 Å². The van der Waals surface area contributed by atoms with Gasteiger partial charge in [0.1, 0.15) is 17.4 Å². The lowest BCUT2D eigenvalue weighted by atomic mass is 10.1. The number of benzene rings is 2. The number of carbonyl (C=O) groups excluding carboxylic acids is 2. The van der Waals surface area contributed by atoms with Gasteiger partial charge in [-0.25, -0.2) is 4.79 Å². The third-order valence-corrected chi connectivity index (χ3v) is 3.80. The van der Waals surface area contributed by atoms with E-state index in [1.165, 1.54) is 19.2 Å². The van der Waals surface area contributed by atoms with Crippen LogP contribution in [0, 0.1) is 21.4 Å². The van der Waals surface area contributed by atoms with Crippen molar-refractivity contribution >= 4 is 28.9 Å². The van der Waals surface area contributed by atoms with Crippen molar-refractivity contribution in [2.24, 2.45) is 0 Å². The minimum atomic E-state index is -0.772. The molecule has 2 N–H and O–H groups in total. The highest BCUT2D eigenvalue weighted by atomic mass is 16.6. The third-order valence-electron chi connectivity index (χ3n) is 3.80. The van der Waals surface area contributed by atoms with Gasteiger partial charge >= 0.3 is 5.97 Å². The highest BCUT2D eigenvalue weighted by molar-refractivity contribution is 6.07. The fourth-order valence-corrected chi connectivity index (χ4v) is 2.38. The summed E-state index contributed by atoms with van der Waals surface area (Å²) in [5.41, 5.74) is 0.239. The van der Waals surface area contributed by atoms with E-state index in [2.05, 4.69) is 10.6 Å². The Morgan fingerprint density at radius 2 is 1.97 bits per heavy atom. The molecule has 0 aliphatic rings. The van der Waals surface area contributed by atoms with Crippen molar-refractivity contribution in [3.8, 4) is 11.8 Å². The zero-order valence-electron chi connectivity index (χ0n) is 16.2. The van der Waals surface area contributed by atoms with Crippen molar-refractivity contribution in [2.75, 3.05) is 24.4 Å². The summed E-state index contributed by atoms with van der Waals surface area (Å²) in [4.78, 5) is 34.7. The van der Waals surface area contributed by atoms with Crippen LogP contribution in [-0.2, 0) is 9.53 Å². The van der Waals surface area contributed by atoms with E-state index in [-0.39, 0.29) is 34.9 Å². The number of nitro benzene ring substituents is 1. The summed E-state index contributed by atoms with van der Waals surface area (Å²) in [7, 11) is 1.30. The number of carbonyl (C=O) groups is 2. The second kappa shape index (κ2) is 10.2. The molecule has 2 aromatic rings. The molecule has 0 aromatic heterocycles. The number of anilines is 2. The number of non-ortho nitro benzene ring substituents is 1. The summed E-state index contributed by atoms with van der Waals surface area (Å²) >= 11 is 0. The lowest BCUT2D eigenvalue weighted by Gasteiger charge is -2.10. The smallest absolute Gasteiger partial charge is 0.340 e. The standard InChI is InChI=1S/C20H18N4O6/c1-3-30-20(26)15-6-4-5-7-16(15)22-12-13(11-21)19(25)23-17-9-8-14(24(27)28)10-18(17)29-2/h4-10,12,22H,3H2,1-2H3,(H,23,25)/b13-12-. The first-order chi connectivity index (χ1) is 14.4. The van der Waals surface area contributed by atoms with Crippen molar-refractivity contribution in [3.63, 3.8) is 0 Å². The van der Waals surface area contributed by atoms with Gasteiger partial charge in [-0.1, -0.05) is 12.1 Å². The number of ether oxygens (including phenoxy) is 2. The van der Waals surface area contributed by atoms with Gasteiger partial charge in [0, 0.05) is 12.3 Å². The zero-order valence-corrected chi connectivity index (χ0v) is 16.2. The molecule has 10 heteroatoms. The number of esters is 1. The van der Waals surface area contributed by atoms with Crippen molar-refractivity contribution in [2.45, 2.75) is 6.92 Å². The summed E-state index contributed by atoms with van der Waals surface area (Å²) < 4.78 is 10.0. The van der Waals surface area contributed by atoms with Crippen LogP contribution in [0.15, 0.2) is 54.2 Å². The van der Waals surface area contributed by atoms with Crippen LogP contribution in [0.4, 0.5) is 17.1 Å². The molecule has 0 atom stereocenters. The van der Waals surface area contributed by atoms with Gasteiger partial charge in [0.2, 0.25) is 0 Å². The molecule has 1 amide bonds. The Morgan fingerprint density at radius 3 is 2.60 bits per heavy atom. The van der Waals surface area contributed by atoms with E-state index in [0.717, 1.165) is 12.3 Å². The Bertz CT molecular complexity index is 1040. The number of nitriles is 1. The number of nitrogens with one attached hydrogen (secondary N) is 2. The second-order valence-corrected chi connectivity index (χ2v) is 5.68. The summed E-state index contributed by atoms with van der Waals surface area (Å²) in [6.45, 7) is 1.88. The number of nitro groups is 1. The maximum atomic E-state index is 12.5. The van der Waals surface area contributed by atoms with Crippen molar-refractivity contribution < 1.29 is 24.0 Å². The van der Waals surface area contributed by atoms with E-state index in [1.54, 1.807) is 37.3 Å². The van der Waals surface area contributed by atoms with E-state index in [1.807, 2.05) is 0 Å². The SMILES string of the molecule is CCOC(=O)c1ccccc1N/C=C(/C#N)C(=O)Nc1ccc([N+](=O)[O-])cc1OC. The number of methoxy groups -OCH3 is 1. The first-order valence-corrected chi connectivity index (χ1v) is 8.68. The predicted molar refractivity (Wildman–Crippen MR) is 108 cm³/mol. The van der Waals surface area contributed by atoms with Crippen molar-refractivity contribution in [1.29, 1.82) is 5.26 Å². The molecule has 0 bridgehead atoms. The molecule has 0 unspecified atom stereocenters. The topological polar surface area (TPSA) is 144 Å². The molecule has 0 spiro atoms. The Kier molecular flexibility index (Phi) is 7.47. The predicted octanol–water partition coefficient (Wildman–Crippen LogP) is 3.24.